The van der Waals surface area contributed by atoms with Gasteiger partial charge in [0.15, 0.2) is 0 Å². The lowest BCUT2D eigenvalue weighted by Gasteiger charge is -2.34. The highest BCUT2D eigenvalue weighted by atomic mass is 35.5. The lowest BCUT2D eigenvalue weighted by atomic mass is 10.1. The number of carbonyl (C=O) groups is 1. The lowest BCUT2D eigenvalue weighted by Crippen LogP contribution is -2.52. The van der Waals surface area contributed by atoms with Gasteiger partial charge in [-0.1, -0.05) is 30.3 Å². The van der Waals surface area contributed by atoms with E-state index >= 15 is 0 Å². The Balaban J connectivity index is 1.97. The first-order valence-corrected chi connectivity index (χ1v) is 4.68. The number of rotatable bonds is 2. The van der Waals surface area contributed by atoms with Crippen LogP contribution in [0, 0.1) is 0 Å². The zero-order chi connectivity index (χ0) is 9.26. The van der Waals surface area contributed by atoms with Crippen LogP contribution in [0.25, 0.3) is 0 Å². The van der Waals surface area contributed by atoms with E-state index in [4.69, 9.17) is 11.6 Å². The van der Waals surface area contributed by atoms with Gasteiger partial charge in [-0.2, -0.15) is 0 Å². The zero-order valence-electron chi connectivity index (χ0n) is 7.11. The Kier molecular flexibility index (Phi) is 2.23. The van der Waals surface area contributed by atoms with Crippen LogP contribution >= 0.6 is 11.6 Å². The first-order valence-electron chi connectivity index (χ1n) is 4.24. The predicted octanol–water partition coefficient (Wildman–Crippen LogP) is 1.64. The molecule has 1 unspecified atom stereocenters. The third-order valence-electron chi connectivity index (χ3n) is 2.18. The van der Waals surface area contributed by atoms with E-state index in [0.29, 0.717) is 13.1 Å². The molecule has 1 aliphatic rings. The summed E-state index contributed by atoms with van der Waals surface area (Å²) in [6, 6.07) is 9.92. The molecule has 2 nitrogen and oxygen atoms in total. The minimum atomic E-state index is -0.288. The van der Waals surface area contributed by atoms with E-state index in [2.05, 4.69) is 0 Å². The molecule has 0 spiro atoms. The Morgan fingerprint density at radius 1 is 1.38 bits per heavy atom. The third-order valence-corrected chi connectivity index (χ3v) is 2.50. The van der Waals surface area contributed by atoms with Crippen LogP contribution in [0.15, 0.2) is 30.3 Å². The molecule has 0 radical (unpaired) electrons. The molecule has 1 amide bonds. The monoisotopic (exact) mass is 195 g/mol. The van der Waals surface area contributed by atoms with Gasteiger partial charge in [-0.3, -0.25) is 4.79 Å². The molecular weight excluding hydrogens is 186 g/mol. The smallest absolute Gasteiger partial charge is 0.242 e. The first kappa shape index (κ1) is 8.57. The average Bonchev–Trinajstić information content (AvgIpc) is 2.19. The van der Waals surface area contributed by atoms with Crippen molar-refractivity contribution in [2.75, 3.05) is 6.54 Å². The van der Waals surface area contributed by atoms with E-state index in [0.717, 1.165) is 5.56 Å². The summed E-state index contributed by atoms with van der Waals surface area (Å²) in [7, 11) is 0. The summed E-state index contributed by atoms with van der Waals surface area (Å²) in [5, 5.41) is -0.288. The van der Waals surface area contributed by atoms with Crippen molar-refractivity contribution >= 4 is 17.5 Å². The van der Waals surface area contributed by atoms with E-state index in [-0.39, 0.29) is 11.3 Å². The summed E-state index contributed by atoms with van der Waals surface area (Å²) >= 11 is 5.67. The van der Waals surface area contributed by atoms with Gasteiger partial charge in [0.1, 0.15) is 5.38 Å². The predicted molar refractivity (Wildman–Crippen MR) is 51.5 cm³/mol. The van der Waals surface area contributed by atoms with Crippen LogP contribution in [-0.2, 0) is 11.3 Å². The molecule has 1 fully saturated rings. The van der Waals surface area contributed by atoms with Crippen LogP contribution in [0.4, 0.5) is 0 Å². The fourth-order valence-corrected chi connectivity index (χ4v) is 1.70. The fraction of sp³-hybridized carbons (Fsp3) is 0.300. The minimum Gasteiger partial charge on any atom is -0.335 e. The summed E-state index contributed by atoms with van der Waals surface area (Å²) in [6.07, 6.45) is 0. The Morgan fingerprint density at radius 3 is 2.62 bits per heavy atom. The first-order chi connectivity index (χ1) is 6.27. The molecule has 3 heteroatoms. The maximum atomic E-state index is 11.2. The molecule has 0 aliphatic carbocycles. The molecule has 0 bridgehead atoms. The SMILES string of the molecule is O=C1C(Cl)CN1Cc1ccccc1. The number of benzene rings is 1. The Morgan fingerprint density at radius 2 is 2.08 bits per heavy atom. The quantitative estimate of drug-likeness (QED) is 0.519. The van der Waals surface area contributed by atoms with Crippen LogP contribution in [0.1, 0.15) is 5.56 Å². The van der Waals surface area contributed by atoms with Gasteiger partial charge in [-0.25, -0.2) is 0 Å². The molecule has 1 atom stereocenters. The van der Waals surface area contributed by atoms with Crippen LogP contribution in [0.3, 0.4) is 0 Å². The number of alkyl halides is 1. The van der Waals surface area contributed by atoms with Crippen molar-refractivity contribution in [3.63, 3.8) is 0 Å². The number of hydrogen-bond acceptors (Lipinski definition) is 1. The van der Waals surface area contributed by atoms with Crippen LogP contribution in [0.5, 0.6) is 0 Å². The number of likely N-dealkylation sites (tertiary alicyclic amines) is 1. The highest BCUT2D eigenvalue weighted by molar-refractivity contribution is 6.33. The number of halogens is 1. The summed E-state index contributed by atoms with van der Waals surface area (Å²) in [5.74, 6) is 0.0468. The van der Waals surface area contributed by atoms with Crippen molar-refractivity contribution in [2.24, 2.45) is 0 Å². The Hall–Kier alpha value is -1.02. The number of hydrogen-bond donors (Lipinski definition) is 0. The van der Waals surface area contributed by atoms with Gasteiger partial charge in [0.05, 0.1) is 0 Å². The maximum Gasteiger partial charge on any atom is 0.242 e. The molecule has 68 valence electrons. The summed E-state index contributed by atoms with van der Waals surface area (Å²) in [4.78, 5) is 12.9. The molecule has 1 saturated heterocycles. The van der Waals surface area contributed by atoms with Crippen LogP contribution in [0.2, 0.25) is 0 Å². The minimum absolute atomic E-state index is 0.0468. The van der Waals surface area contributed by atoms with Gasteiger partial charge in [0, 0.05) is 13.1 Å². The molecule has 1 aromatic rings. The van der Waals surface area contributed by atoms with E-state index in [9.17, 15) is 4.79 Å². The van der Waals surface area contributed by atoms with Gasteiger partial charge < -0.3 is 4.90 Å². The van der Waals surface area contributed by atoms with Crippen LogP contribution < -0.4 is 0 Å². The second kappa shape index (κ2) is 3.38. The summed E-state index contributed by atoms with van der Waals surface area (Å²) in [5.41, 5.74) is 1.15. The van der Waals surface area contributed by atoms with Crippen LogP contribution in [-0.4, -0.2) is 22.7 Å². The maximum absolute atomic E-state index is 11.2. The summed E-state index contributed by atoms with van der Waals surface area (Å²) in [6.45, 7) is 1.36. The number of amides is 1. The van der Waals surface area contributed by atoms with Gasteiger partial charge >= 0.3 is 0 Å². The van der Waals surface area contributed by atoms with E-state index < -0.39 is 0 Å². The normalized spacial score (nSPS) is 21.5. The van der Waals surface area contributed by atoms with E-state index in [1.54, 1.807) is 4.90 Å². The van der Waals surface area contributed by atoms with Gasteiger partial charge in [-0.05, 0) is 5.56 Å². The Labute approximate surface area is 82.1 Å². The van der Waals surface area contributed by atoms with Crippen molar-refractivity contribution in [3.8, 4) is 0 Å². The van der Waals surface area contributed by atoms with Crippen molar-refractivity contribution in [1.82, 2.24) is 4.90 Å². The van der Waals surface area contributed by atoms with Crippen molar-refractivity contribution in [1.29, 1.82) is 0 Å². The lowest BCUT2D eigenvalue weighted by molar-refractivity contribution is -0.139. The van der Waals surface area contributed by atoms with Gasteiger partial charge in [-0.15, -0.1) is 11.6 Å². The molecule has 0 saturated carbocycles. The van der Waals surface area contributed by atoms with E-state index in [1.165, 1.54) is 0 Å². The second-order valence-corrected chi connectivity index (χ2v) is 3.70. The van der Waals surface area contributed by atoms with Crippen molar-refractivity contribution in [3.05, 3.63) is 35.9 Å². The second-order valence-electron chi connectivity index (χ2n) is 3.17. The van der Waals surface area contributed by atoms with Crippen molar-refractivity contribution in [2.45, 2.75) is 11.9 Å². The van der Waals surface area contributed by atoms with E-state index in [1.807, 2.05) is 30.3 Å². The molecule has 0 N–H and O–H groups in total. The van der Waals surface area contributed by atoms with Gasteiger partial charge in [0.25, 0.3) is 0 Å². The zero-order valence-corrected chi connectivity index (χ0v) is 7.87. The number of carbonyl (C=O) groups excluding carboxylic acids is 1. The third kappa shape index (κ3) is 1.68. The highest BCUT2D eigenvalue weighted by Crippen LogP contribution is 2.18. The molecule has 0 aromatic heterocycles. The topological polar surface area (TPSA) is 20.3 Å². The van der Waals surface area contributed by atoms with Gasteiger partial charge in [0.2, 0.25) is 5.91 Å². The number of nitrogens with zero attached hydrogens (tertiary/aromatic N) is 1. The fourth-order valence-electron chi connectivity index (χ4n) is 1.39. The standard InChI is InChI=1S/C10H10ClNO/c11-9-7-12(10(9)13)6-8-4-2-1-3-5-8/h1-5,9H,6-7H2. The molecule has 2 rings (SSSR count). The summed E-state index contributed by atoms with van der Waals surface area (Å²) < 4.78 is 0. The molecule has 1 heterocycles. The Bertz CT molecular complexity index is 312. The molecule has 1 aromatic carbocycles. The molecule has 1 aliphatic heterocycles. The highest BCUT2D eigenvalue weighted by Gasteiger charge is 2.34. The average molecular weight is 196 g/mol. The molecular formula is C10H10ClNO. The largest absolute Gasteiger partial charge is 0.335 e. The molecule has 13 heavy (non-hydrogen) atoms. The number of β-lactam (4-membered cyclic amide) rings is 1. The van der Waals surface area contributed by atoms with Crippen molar-refractivity contribution < 1.29 is 4.79 Å².